The van der Waals surface area contributed by atoms with Crippen LogP contribution in [0.3, 0.4) is 0 Å². The Morgan fingerprint density at radius 1 is 1.05 bits per heavy atom. The van der Waals surface area contributed by atoms with Crippen LogP contribution in [0.2, 0.25) is 0 Å². The third kappa shape index (κ3) is 11.4. The molecule has 1 heterocycles. The second kappa shape index (κ2) is 16.9. The number of hydrogen-bond acceptors (Lipinski definition) is 9. The highest BCUT2D eigenvalue weighted by Gasteiger charge is 2.36. The van der Waals surface area contributed by atoms with E-state index >= 15 is 0 Å². The van der Waals surface area contributed by atoms with Gasteiger partial charge in [0.05, 0.1) is 25.9 Å². The van der Waals surface area contributed by atoms with E-state index < -0.39 is 54.0 Å². The summed E-state index contributed by atoms with van der Waals surface area (Å²) in [4.78, 5) is 63.7. The molecule has 0 radical (unpaired) electrons. The molecule has 242 valence electrons. The first-order valence-corrected chi connectivity index (χ1v) is 15.2. The van der Waals surface area contributed by atoms with Gasteiger partial charge in [-0.3, -0.25) is 24.0 Å². The number of carbonyl (C=O) groups is 5. The molecule has 1 aliphatic heterocycles. The zero-order valence-corrected chi connectivity index (χ0v) is 25.8. The summed E-state index contributed by atoms with van der Waals surface area (Å²) in [6.45, 7) is 4.61. The fraction of sp³-hybridized carbons (Fsp3) is 0.594. The maximum atomic E-state index is 13.7. The molecular weight excluding hydrogens is 570 g/mol. The van der Waals surface area contributed by atoms with Crippen molar-refractivity contribution in [3.63, 3.8) is 0 Å². The summed E-state index contributed by atoms with van der Waals surface area (Å²) in [5, 5.41) is 18.7. The van der Waals surface area contributed by atoms with Gasteiger partial charge < -0.3 is 35.3 Å². The quantitative estimate of drug-likeness (QED) is 0.215. The number of rotatable bonds is 15. The van der Waals surface area contributed by atoms with E-state index in [2.05, 4.69) is 16.0 Å². The number of aliphatic hydroxyl groups is 1. The topological polar surface area (TPSA) is 169 Å². The lowest BCUT2D eigenvalue weighted by Crippen LogP contribution is -2.58. The number of allylic oxidation sites excluding steroid dienone is 1. The zero-order chi connectivity index (χ0) is 32.1. The van der Waals surface area contributed by atoms with Gasteiger partial charge >= 0.3 is 5.97 Å². The van der Waals surface area contributed by atoms with E-state index in [1.807, 2.05) is 30.3 Å². The molecule has 3 rings (SSSR count). The summed E-state index contributed by atoms with van der Waals surface area (Å²) < 4.78 is 16.3. The van der Waals surface area contributed by atoms with Gasteiger partial charge in [0, 0.05) is 12.5 Å². The van der Waals surface area contributed by atoms with Crippen LogP contribution in [0.15, 0.2) is 42.2 Å². The molecule has 3 amide bonds. The monoisotopic (exact) mass is 615 g/mol. The van der Waals surface area contributed by atoms with Gasteiger partial charge in [-0.1, -0.05) is 62.4 Å². The molecule has 0 saturated heterocycles. The lowest BCUT2D eigenvalue weighted by Gasteiger charge is -2.32. The Morgan fingerprint density at radius 2 is 1.75 bits per heavy atom. The maximum Gasteiger partial charge on any atom is 0.325 e. The first-order valence-electron chi connectivity index (χ1n) is 15.2. The van der Waals surface area contributed by atoms with Crippen LogP contribution in [0, 0.1) is 5.92 Å². The SMILES string of the molecule is CCOC(=O)CNC(=O)C(O)[C@H](COCc1ccccc1)NC(=O)[C@H](CC1CCCCC1)NC(=O)C1=CC(=O)CC(C)(C)O1. The van der Waals surface area contributed by atoms with Gasteiger partial charge in [0.1, 0.15) is 18.2 Å². The number of esters is 1. The van der Waals surface area contributed by atoms with Crippen LogP contribution in [0.1, 0.15) is 71.3 Å². The van der Waals surface area contributed by atoms with Crippen molar-refractivity contribution in [2.24, 2.45) is 5.92 Å². The summed E-state index contributed by atoms with van der Waals surface area (Å²) in [7, 11) is 0. The third-order valence-corrected chi connectivity index (χ3v) is 7.52. The van der Waals surface area contributed by atoms with Gasteiger partial charge in [-0.25, -0.2) is 0 Å². The van der Waals surface area contributed by atoms with Crippen molar-refractivity contribution in [1.82, 2.24) is 16.0 Å². The Morgan fingerprint density at radius 3 is 2.41 bits per heavy atom. The molecule has 44 heavy (non-hydrogen) atoms. The van der Waals surface area contributed by atoms with Crippen LogP contribution in [-0.2, 0) is 44.8 Å². The van der Waals surface area contributed by atoms with Crippen molar-refractivity contribution < 1.29 is 43.3 Å². The van der Waals surface area contributed by atoms with Crippen molar-refractivity contribution in [1.29, 1.82) is 0 Å². The highest BCUT2D eigenvalue weighted by atomic mass is 16.5. The van der Waals surface area contributed by atoms with E-state index in [1.165, 1.54) is 0 Å². The molecule has 12 nitrogen and oxygen atoms in total. The Hall–Kier alpha value is -3.77. The van der Waals surface area contributed by atoms with Crippen LogP contribution >= 0.6 is 0 Å². The Kier molecular flexibility index (Phi) is 13.3. The van der Waals surface area contributed by atoms with E-state index in [4.69, 9.17) is 14.2 Å². The molecular formula is C32H45N3O9. The minimum atomic E-state index is -1.78. The van der Waals surface area contributed by atoms with Crippen molar-refractivity contribution in [2.45, 2.75) is 96.1 Å². The van der Waals surface area contributed by atoms with Gasteiger partial charge in [-0.2, -0.15) is 0 Å². The molecule has 1 aliphatic carbocycles. The minimum absolute atomic E-state index is 0.122. The second-order valence-electron chi connectivity index (χ2n) is 11.9. The average Bonchev–Trinajstić information content (AvgIpc) is 2.98. The van der Waals surface area contributed by atoms with Crippen molar-refractivity contribution in [3.8, 4) is 0 Å². The molecule has 2 aliphatic rings. The number of benzene rings is 1. The van der Waals surface area contributed by atoms with Crippen molar-refractivity contribution >= 4 is 29.5 Å². The number of aliphatic hydroxyl groups excluding tert-OH is 1. The van der Waals surface area contributed by atoms with E-state index in [1.54, 1.807) is 20.8 Å². The summed E-state index contributed by atoms with van der Waals surface area (Å²) >= 11 is 0. The normalized spacial score (nSPS) is 18.5. The average molecular weight is 616 g/mol. The molecule has 0 spiro atoms. The van der Waals surface area contributed by atoms with Crippen LogP contribution < -0.4 is 16.0 Å². The number of hydrogen-bond donors (Lipinski definition) is 4. The summed E-state index contributed by atoms with van der Waals surface area (Å²) in [6.07, 6.45) is 4.72. The third-order valence-electron chi connectivity index (χ3n) is 7.52. The number of ketones is 1. The van der Waals surface area contributed by atoms with Crippen LogP contribution in [-0.4, -0.2) is 78.1 Å². The predicted octanol–water partition coefficient (Wildman–Crippen LogP) is 1.84. The number of amides is 3. The Labute approximate surface area is 258 Å². The van der Waals surface area contributed by atoms with Crippen molar-refractivity contribution in [3.05, 3.63) is 47.7 Å². The minimum Gasteiger partial charge on any atom is -0.482 e. The van der Waals surface area contributed by atoms with Gasteiger partial charge in [0.15, 0.2) is 17.6 Å². The van der Waals surface area contributed by atoms with Crippen molar-refractivity contribution in [2.75, 3.05) is 19.8 Å². The van der Waals surface area contributed by atoms with Gasteiger partial charge in [-0.05, 0) is 38.7 Å². The smallest absolute Gasteiger partial charge is 0.325 e. The van der Waals surface area contributed by atoms with Gasteiger partial charge in [-0.15, -0.1) is 0 Å². The second-order valence-corrected chi connectivity index (χ2v) is 11.9. The van der Waals surface area contributed by atoms with Gasteiger partial charge in [0.25, 0.3) is 11.8 Å². The highest BCUT2D eigenvalue weighted by molar-refractivity contribution is 6.03. The summed E-state index contributed by atoms with van der Waals surface area (Å²) in [5.74, 6) is -3.17. The molecule has 1 unspecified atom stereocenters. The molecule has 4 N–H and O–H groups in total. The molecule has 1 aromatic carbocycles. The molecule has 0 bridgehead atoms. The number of ether oxygens (including phenoxy) is 3. The molecule has 12 heteroatoms. The first kappa shape index (κ1) is 34.7. The molecule has 0 aromatic heterocycles. The number of nitrogens with one attached hydrogen (secondary N) is 3. The standard InChI is InChI=1S/C32H45N3O9/c1-4-43-27(37)18-33-31(41)28(38)25(20-42-19-22-13-9-6-10-14-22)35-29(39)24(15-21-11-7-5-8-12-21)34-30(40)26-16-23(36)17-32(2,3)44-26/h6,9-10,13-14,16,21,24-25,28,38H,4-5,7-8,11-12,15,17-20H2,1-3H3,(H,33,41)(H,34,40)(H,35,39)/t24-,25-,28?/m0/s1. The highest BCUT2D eigenvalue weighted by Crippen LogP contribution is 2.28. The van der Waals surface area contributed by atoms with E-state index in [0.717, 1.165) is 43.7 Å². The summed E-state index contributed by atoms with van der Waals surface area (Å²) in [6, 6.07) is 6.98. The first-order chi connectivity index (χ1) is 21.0. The van der Waals surface area contributed by atoms with Gasteiger partial charge in [0.2, 0.25) is 5.91 Å². The van der Waals surface area contributed by atoms with E-state index in [0.29, 0.717) is 6.42 Å². The predicted molar refractivity (Wildman–Crippen MR) is 160 cm³/mol. The summed E-state index contributed by atoms with van der Waals surface area (Å²) in [5.41, 5.74) is -0.0264. The molecule has 1 aromatic rings. The Bertz CT molecular complexity index is 1180. The zero-order valence-electron chi connectivity index (χ0n) is 25.8. The largest absolute Gasteiger partial charge is 0.482 e. The Balaban J connectivity index is 1.76. The fourth-order valence-electron chi connectivity index (χ4n) is 5.34. The van der Waals surface area contributed by atoms with E-state index in [-0.39, 0.29) is 43.7 Å². The number of carbonyl (C=O) groups excluding carboxylic acids is 5. The van der Waals surface area contributed by atoms with Crippen LogP contribution in [0.4, 0.5) is 0 Å². The van der Waals surface area contributed by atoms with Crippen LogP contribution in [0.25, 0.3) is 0 Å². The van der Waals surface area contributed by atoms with E-state index in [9.17, 15) is 29.1 Å². The maximum absolute atomic E-state index is 13.7. The molecule has 1 fully saturated rings. The molecule has 1 saturated carbocycles. The lowest BCUT2D eigenvalue weighted by atomic mass is 9.84. The molecule has 3 atom stereocenters. The fourth-order valence-corrected chi connectivity index (χ4v) is 5.34. The lowest BCUT2D eigenvalue weighted by molar-refractivity contribution is -0.145. The van der Waals surface area contributed by atoms with Crippen LogP contribution in [0.5, 0.6) is 0 Å².